The molecule has 0 saturated carbocycles. The average molecular weight is 394 g/mol. The first-order valence-electron chi connectivity index (χ1n) is 9.93. The zero-order chi connectivity index (χ0) is 20.6. The summed E-state index contributed by atoms with van der Waals surface area (Å²) in [6.07, 6.45) is 4.31. The van der Waals surface area contributed by atoms with Crippen LogP contribution in [0.3, 0.4) is 0 Å². The highest BCUT2D eigenvalue weighted by Crippen LogP contribution is 2.45. The molecule has 1 aliphatic rings. The standard InChI is InChI=1S/C27H22O3/c1-28-25-15-13-21(18-26(25)29-2)27(20-9-4-3-5-10-20)17-16-23-22-11-7-6-8-19(22)12-14-24(23)30-27/h3-18H,1-2H3. The Bertz CT molecular complexity index is 1240. The molecule has 0 amide bonds. The second-order valence-electron chi connectivity index (χ2n) is 7.31. The SMILES string of the molecule is COc1ccc(C2(c3ccccc3)C=Cc3c(ccc4ccccc34)O2)cc1OC. The van der Waals surface area contributed by atoms with Crippen LogP contribution in [0.2, 0.25) is 0 Å². The Labute approximate surface area is 176 Å². The molecule has 3 heteroatoms. The molecule has 1 heterocycles. The molecule has 0 N–H and O–H groups in total. The van der Waals surface area contributed by atoms with E-state index in [2.05, 4.69) is 60.7 Å². The summed E-state index contributed by atoms with van der Waals surface area (Å²) in [6.45, 7) is 0. The highest BCUT2D eigenvalue weighted by molar-refractivity contribution is 5.94. The molecule has 1 unspecified atom stereocenters. The molecule has 5 rings (SSSR count). The molecule has 0 radical (unpaired) electrons. The van der Waals surface area contributed by atoms with Crippen molar-refractivity contribution in [1.82, 2.24) is 0 Å². The van der Waals surface area contributed by atoms with Gasteiger partial charge in [0, 0.05) is 16.7 Å². The fourth-order valence-corrected chi connectivity index (χ4v) is 4.17. The van der Waals surface area contributed by atoms with Crippen molar-refractivity contribution in [3.8, 4) is 17.2 Å². The van der Waals surface area contributed by atoms with Crippen LogP contribution in [0.5, 0.6) is 17.2 Å². The zero-order valence-corrected chi connectivity index (χ0v) is 17.0. The summed E-state index contributed by atoms with van der Waals surface area (Å²) in [5.41, 5.74) is 2.35. The van der Waals surface area contributed by atoms with Crippen LogP contribution < -0.4 is 14.2 Å². The van der Waals surface area contributed by atoms with Crippen molar-refractivity contribution in [3.05, 3.63) is 108 Å². The number of ether oxygens (including phenoxy) is 3. The van der Waals surface area contributed by atoms with Gasteiger partial charge in [0.2, 0.25) is 0 Å². The Morgan fingerprint density at radius 3 is 2.27 bits per heavy atom. The fourth-order valence-electron chi connectivity index (χ4n) is 4.17. The lowest BCUT2D eigenvalue weighted by atomic mass is 9.83. The van der Waals surface area contributed by atoms with Crippen molar-refractivity contribution in [2.45, 2.75) is 5.60 Å². The van der Waals surface area contributed by atoms with Gasteiger partial charge in [0.05, 0.1) is 14.2 Å². The van der Waals surface area contributed by atoms with Gasteiger partial charge in [-0.2, -0.15) is 0 Å². The predicted octanol–water partition coefficient (Wildman–Crippen LogP) is 6.21. The smallest absolute Gasteiger partial charge is 0.178 e. The van der Waals surface area contributed by atoms with E-state index < -0.39 is 5.60 Å². The van der Waals surface area contributed by atoms with E-state index in [1.165, 1.54) is 10.8 Å². The van der Waals surface area contributed by atoms with Crippen molar-refractivity contribution in [2.75, 3.05) is 14.2 Å². The van der Waals surface area contributed by atoms with Crippen molar-refractivity contribution >= 4 is 16.8 Å². The third-order valence-electron chi connectivity index (χ3n) is 5.70. The van der Waals surface area contributed by atoms with Crippen molar-refractivity contribution in [1.29, 1.82) is 0 Å². The summed E-state index contributed by atoms with van der Waals surface area (Å²) >= 11 is 0. The Kier molecular flexibility index (Phi) is 4.44. The van der Waals surface area contributed by atoms with Gasteiger partial charge in [0.1, 0.15) is 5.75 Å². The number of rotatable bonds is 4. The van der Waals surface area contributed by atoms with Crippen molar-refractivity contribution in [2.24, 2.45) is 0 Å². The lowest BCUT2D eigenvalue weighted by molar-refractivity contribution is 0.161. The van der Waals surface area contributed by atoms with Gasteiger partial charge in [-0.1, -0.05) is 66.7 Å². The maximum atomic E-state index is 6.79. The van der Waals surface area contributed by atoms with Crippen molar-refractivity contribution < 1.29 is 14.2 Å². The number of benzene rings is 4. The minimum atomic E-state index is -0.768. The van der Waals surface area contributed by atoms with E-state index in [0.717, 1.165) is 22.4 Å². The van der Waals surface area contributed by atoms with Crippen molar-refractivity contribution in [3.63, 3.8) is 0 Å². The summed E-state index contributed by atoms with van der Waals surface area (Å²) in [5, 5.41) is 2.38. The number of hydrogen-bond acceptors (Lipinski definition) is 3. The number of fused-ring (bicyclic) bond motifs is 3. The summed E-state index contributed by atoms with van der Waals surface area (Å²) in [7, 11) is 3.29. The van der Waals surface area contributed by atoms with E-state index >= 15 is 0 Å². The Morgan fingerprint density at radius 1 is 0.700 bits per heavy atom. The number of methoxy groups -OCH3 is 2. The third kappa shape index (κ3) is 2.82. The van der Waals surface area contributed by atoms with Crippen LogP contribution in [0.15, 0.2) is 91.0 Å². The van der Waals surface area contributed by atoms with E-state index in [-0.39, 0.29) is 0 Å². The maximum absolute atomic E-state index is 6.79. The average Bonchev–Trinajstić information content (AvgIpc) is 2.83. The highest BCUT2D eigenvalue weighted by atomic mass is 16.5. The molecule has 0 saturated heterocycles. The molecular formula is C27H22O3. The van der Waals surface area contributed by atoms with Gasteiger partial charge in [-0.3, -0.25) is 0 Å². The van der Waals surface area contributed by atoms with Crippen LogP contribution in [0, 0.1) is 0 Å². The molecule has 0 aromatic heterocycles. The molecule has 1 aliphatic heterocycles. The first kappa shape index (κ1) is 18.3. The Balaban J connectivity index is 1.73. The van der Waals surface area contributed by atoms with E-state index in [9.17, 15) is 0 Å². The van der Waals surface area contributed by atoms with E-state index in [4.69, 9.17) is 14.2 Å². The molecule has 0 aliphatic carbocycles. The lowest BCUT2D eigenvalue weighted by Crippen LogP contribution is -2.34. The van der Waals surface area contributed by atoms with Crippen LogP contribution in [-0.2, 0) is 5.60 Å². The van der Waals surface area contributed by atoms with Crippen LogP contribution in [0.25, 0.3) is 16.8 Å². The van der Waals surface area contributed by atoms with E-state index in [1.54, 1.807) is 14.2 Å². The maximum Gasteiger partial charge on any atom is 0.178 e. The molecule has 1 atom stereocenters. The summed E-state index contributed by atoms with van der Waals surface area (Å²) in [5.74, 6) is 2.22. The van der Waals surface area contributed by atoms with Crippen LogP contribution in [-0.4, -0.2) is 14.2 Å². The highest BCUT2D eigenvalue weighted by Gasteiger charge is 2.38. The molecule has 30 heavy (non-hydrogen) atoms. The fraction of sp³-hybridized carbons (Fsp3) is 0.111. The molecular weight excluding hydrogens is 372 g/mol. The summed E-state index contributed by atoms with van der Waals surface area (Å²) in [4.78, 5) is 0. The zero-order valence-electron chi connectivity index (χ0n) is 17.0. The predicted molar refractivity (Wildman–Crippen MR) is 120 cm³/mol. The second kappa shape index (κ2) is 7.27. The molecule has 3 nitrogen and oxygen atoms in total. The number of hydrogen-bond donors (Lipinski definition) is 0. The van der Waals surface area contributed by atoms with Crippen LogP contribution in [0.1, 0.15) is 16.7 Å². The Morgan fingerprint density at radius 2 is 1.47 bits per heavy atom. The monoisotopic (exact) mass is 394 g/mol. The van der Waals surface area contributed by atoms with E-state index in [1.807, 2.05) is 36.4 Å². The van der Waals surface area contributed by atoms with Crippen LogP contribution >= 0.6 is 0 Å². The minimum absolute atomic E-state index is 0.673. The van der Waals surface area contributed by atoms with Gasteiger partial charge in [0.25, 0.3) is 0 Å². The largest absolute Gasteiger partial charge is 0.493 e. The molecule has 148 valence electrons. The van der Waals surface area contributed by atoms with Crippen LogP contribution in [0.4, 0.5) is 0 Å². The summed E-state index contributed by atoms with van der Waals surface area (Å²) < 4.78 is 17.8. The molecule has 0 bridgehead atoms. The van der Waals surface area contributed by atoms with Gasteiger partial charge in [-0.15, -0.1) is 0 Å². The van der Waals surface area contributed by atoms with Gasteiger partial charge in [-0.25, -0.2) is 0 Å². The lowest BCUT2D eigenvalue weighted by Gasteiger charge is -2.36. The quantitative estimate of drug-likeness (QED) is 0.412. The molecule has 0 fully saturated rings. The normalized spacial score (nSPS) is 17.3. The summed E-state index contributed by atoms with van der Waals surface area (Å²) in [6, 6.07) is 28.7. The minimum Gasteiger partial charge on any atom is -0.493 e. The third-order valence-corrected chi connectivity index (χ3v) is 5.70. The molecule has 4 aromatic rings. The van der Waals surface area contributed by atoms with Gasteiger partial charge in [-0.05, 0) is 41.1 Å². The second-order valence-corrected chi connectivity index (χ2v) is 7.31. The van der Waals surface area contributed by atoms with Gasteiger partial charge in [0.15, 0.2) is 17.1 Å². The first-order chi connectivity index (χ1) is 14.7. The molecule has 4 aromatic carbocycles. The Hall–Kier alpha value is -3.72. The van der Waals surface area contributed by atoms with E-state index in [0.29, 0.717) is 11.5 Å². The molecule has 0 spiro atoms. The van der Waals surface area contributed by atoms with Gasteiger partial charge >= 0.3 is 0 Å². The first-order valence-corrected chi connectivity index (χ1v) is 9.93. The topological polar surface area (TPSA) is 27.7 Å². The van der Waals surface area contributed by atoms with Gasteiger partial charge < -0.3 is 14.2 Å².